The minimum Gasteiger partial charge on any atom is -0.266 e. The zero-order chi connectivity index (χ0) is 23.8. The van der Waals surface area contributed by atoms with E-state index < -0.39 is 17.4 Å². The van der Waals surface area contributed by atoms with Crippen molar-refractivity contribution in [2.24, 2.45) is 0 Å². The molecule has 0 N–H and O–H groups in total. The lowest BCUT2D eigenvalue weighted by Crippen LogP contribution is -2.47. The topological polar surface area (TPSA) is 46.6 Å². The molecule has 2 amide bonds. The van der Waals surface area contributed by atoms with E-state index in [0.29, 0.717) is 16.5 Å². The largest absolute Gasteiger partial charge is 0.285 e. The third-order valence-corrected chi connectivity index (χ3v) is 6.50. The highest BCUT2D eigenvalue weighted by molar-refractivity contribution is 6.24. The second-order valence-corrected chi connectivity index (χ2v) is 8.48. The molecule has 1 aliphatic heterocycles. The summed E-state index contributed by atoms with van der Waals surface area (Å²) in [4.78, 5) is 34.2. The van der Waals surface area contributed by atoms with E-state index in [1.807, 2.05) is 115 Å². The first-order chi connectivity index (χ1) is 17.2. The fraction of sp³-hybridized carbons (Fsp3) is 0.0323. The zero-order valence-electron chi connectivity index (χ0n) is 18.8. The summed E-state index contributed by atoms with van der Waals surface area (Å²) in [5.41, 5.74) is 2.05. The Morgan fingerprint density at radius 3 is 1.29 bits per heavy atom. The third-order valence-electron chi connectivity index (χ3n) is 6.50. The average molecular weight is 456 g/mol. The molecule has 6 rings (SSSR count). The SMILES string of the molecule is O=C1c2cccc3cccc(c23)C(=O)N1OC(c1ccccc1)(c1ccccc1)c1ccccc1. The van der Waals surface area contributed by atoms with E-state index >= 15 is 0 Å². The number of carbonyl (C=O) groups excluding carboxylic acids is 2. The van der Waals surface area contributed by atoms with Gasteiger partial charge in [0, 0.05) is 5.39 Å². The first-order valence-electron chi connectivity index (χ1n) is 11.5. The molecule has 0 atom stereocenters. The van der Waals surface area contributed by atoms with Crippen molar-refractivity contribution in [2.75, 3.05) is 0 Å². The van der Waals surface area contributed by atoms with Gasteiger partial charge in [-0.05, 0) is 34.2 Å². The van der Waals surface area contributed by atoms with Gasteiger partial charge in [-0.2, -0.15) is 0 Å². The quantitative estimate of drug-likeness (QED) is 0.229. The Kier molecular flexibility index (Phi) is 5.02. The van der Waals surface area contributed by atoms with Crippen LogP contribution in [0, 0.1) is 0 Å². The minimum atomic E-state index is -1.24. The molecule has 0 aliphatic carbocycles. The molecule has 0 fully saturated rings. The van der Waals surface area contributed by atoms with E-state index in [2.05, 4.69) is 0 Å². The molecular formula is C31H21NO3. The third kappa shape index (κ3) is 3.27. The summed E-state index contributed by atoms with van der Waals surface area (Å²) in [6.07, 6.45) is 0. The minimum absolute atomic E-state index is 0.445. The highest BCUT2D eigenvalue weighted by atomic mass is 16.7. The number of hydrogen-bond acceptors (Lipinski definition) is 3. The van der Waals surface area contributed by atoms with Crippen molar-refractivity contribution in [1.82, 2.24) is 5.06 Å². The second-order valence-electron chi connectivity index (χ2n) is 8.48. The normalized spacial score (nSPS) is 13.3. The van der Waals surface area contributed by atoms with Crippen LogP contribution in [0.3, 0.4) is 0 Å². The van der Waals surface area contributed by atoms with Crippen LogP contribution in [0.5, 0.6) is 0 Å². The summed E-state index contributed by atoms with van der Waals surface area (Å²) in [5, 5.41) is 2.45. The number of benzene rings is 5. The van der Waals surface area contributed by atoms with Crippen LogP contribution in [0.25, 0.3) is 10.8 Å². The number of hydrogen-bond donors (Lipinski definition) is 0. The summed E-state index contributed by atoms with van der Waals surface area (Å²) in [5.74, 6) is -0.960. The lowest BCUT2D eigenvalue weighted by Gasteiger charge is -2.39. The number of rotatable bonds is 5. The lowest BCUT2D eigenvalue weighted by molar-refractivity contribution is -0.160. The van der Waals surface area contributed by atoms with E-state index in [-0.39, 0.29) is 0 Å². The molecule has 35 heavy (non-hydrogen) atoms. The summed E-state index contributed by atoms with van der Waals surface area (Å²) in [6, 6.07) is 40.0. The summed E-state index contributed by atoms with van der Waals surface area (Å²) >= 11 is 0. The molecule has 0 radical (unpaired) electrons. The van der Waals surface area contributed by atoms with Crippen LogP contribution in [0.1, 0.15) is 37.4 Å². The number of imide groups is 1. The summed E-state index contributed by atoms with van der Waals surface area (Å²) in [7, 11) is 0. The zero-order valence-corrected chi connectivity index (χ0v) is 18.8. The van der Waals surface area contributed by atoms with E-state index in [1.165, 1.54) is 0 Å². The van der Waals surface area contributed by atoms with Gasteiger partial charge in [-0.25, -0.2) is 4.84 Å². The van der Waals surface area contributed by atoms with Gasteiger partial charge in [0.2, 0.25) is 0 Å². The van der Waals surface area contributed by atoms with Crippen molar-refractivity contribution >= 4 is 22.6 Å². The Morgan fingerprint density at radius 2 is 0.886 bits per heavy atom. The smallest absolute Gasteiger partial charge is 0.266 e. The average Bonchev–Trinajstić information content (AvgIpc) is 2.93. The van der Waals surface area contributed by atoms with Crippen LogP contribution < -0.4 is 0 Å². The molecule has 0 saturated carbocycles. The molecule has 0 saturated heterocycles. The lowest BCUT2D eigenvalue weighted by atomic mass is 9.80. The Labute approximate surface area is 203 Å². The van der Waals surface area contributed by atoms with Gasteiger partial charge in [0.05, 0.1) is 11.1 Å². The van der Waals surface area contributed by atoms with Crippen LogP contribution in [0.2, 0.25) is 0 Å². The van der Waals surface area contributed by atoms with Crippen molar-refractivity contribution in [2.45, 2.75) is 5.60 Å². The number of nitrogens with zero attached hydrogens (tertiary/aromatic N) is 1. The van der Waals surface area contributed by atoms with Crippen molar-refractivity contribution in [3.63, 3.8) is 0 Å². The first kappa shape index (κ1) is 21.0. The van der Waals surface area contributed by atoms with Gasteiger partial charge in [0.25, 0.3) is 11.8 Å². The maximum Gasteiger partial charge on any atom is 0.285 e. The Balaban J connectivity index is 1.60. The maximum absolute atomic E-state index is 13.8. The Morgan fingerprint density at radius 1 is 0.486 bits per heavy atom. The second kappa shape index (κ2) is 8.35. The van der Waals surface area contributed by atoms with Crippen LogP contribution in [0.4, 0.5) is 0 Å². The fourth-order valence-electron chi connectivity index (χ4n) is 4.90. The molecule has 5 aromatic rings. The predicted molar refractivity (Wildman–Crippen MR) is 135 cm³/mol. The molecule has 0 unspecified atom stereocenters. The van der Waals surface area contributed by atoms with Gasteiger partial charge in [0.15, 0.2) is 5.60 Å². The van der Waals surface area contributed by atoms with Crippen LogP contribution in [-0.2, 0) is 10.4 Å². The molecule has 1 aliphatic rings. The molecule has 4 heteroatoms. The van der Waals surface area contributed by atoms with Crippen LogP contribution in [-0.4, -0.2) is 16.9 Å². The Bertz CT molecular complexity index is 1400. The molecule has 0 spiro atoms. The van der Waals surface area contributed by atoms with Crippen LogP contribution in [0.15, 0.2) is 127 Å². The van der Waals surface area contributed by atoms with E-state index in [9.17, 15) is 9.59 Å². The van der Waals surface area contributed by atoms with Gasteiger partial charge in [-0.1, -0.05) is 115 Å². The number of hydroxylamine groups is 2. The van der Waals surface area contributed by atoms with Crippen LogP contribution >= 0.6 is 0 Å². The van der Waals surface area contributed by atoms with Gasteiger partial charge in [-0.3, -0.25) is 9.59 Å². The number of carbonyl (C=O) groups is 2. The summed E-state index contributed by atoms with van der Waals surface area (Å²) in [6.45, 7) is 0. The highest BCUT2D eigenvalue weighted by Gasteiger charge is 2.45. The molecule has 0 aromatic heterocycles. The molecule has 168 valence electrons. The highest BCUT2D eigenvalue weighted by Crippen LogP contribution is 2.43. The van der Waals surface area contributed by atoms with Gasteiger partial charge in [-0.15, -0.1) is 5.06 Å². The van der Waals surface area contributed by atoms with Crippen molar-refractivity contribution in [3.8, 4) is 0 Å². The molecule has 0 bridgehead atoms. The van der Waals surface area contributed by atoms with Gasteiger partial charge >= 0.3 is 0 Å². The predicted octanol–water partition coefficient (Wildman–Crippen LogP) is 6.36. The Hall–Kier alpha value is -4.54. The summed E-state index contributed by atoms with van der Waals surface area (Å²) < 4.78 is 0. The monoisotopic (exact) mass is 455 g/mol. The van der Waals surface area contributed by atoms with Crippen molar-refractivity contribution in [1.29, 1.82) is 0 Å². The number of amides is 2. The standard InChI is InChI=1S/C31H21NO3/c33-29-26-20-10-12-22-13-11-21-27(28(22)26)30(34)32(29)35-31(23-14-4-1-5-15-23,24-16-6-2-7-17-24)25-18-8-3-9-19-25/h1-21H. The molecule has 1 heterocycles. The van der Waals surface area contributed by atoms with Crippen molar-refractivity contribution < 1.29 is 14.4 Å². The first-order valence-corrected chi connectivity index (χ1v) is 11.5. The fourth-order valence-corrected chi connectivity index (χ4v) is 4.90. The van der Waals surface area contributed by atoms with Gasteiger partial charge in [0.1, 0.15) is 0 Å². The van der Waals surface area contributed by atoms with E-state index in [1.54, 1.807) is 12.1 Å². The van der Waals surface area contributed by atoms with E-state index in [4.69, 9.17) is 4.84 Å². The maximum atomic E-state index is 13.8. The molecular weight excluding hydrogens is 434 g/mol. The molecule has 4 nitrogen and oxygen atoms in total. The van der Waals surface area contributed by atoms with Crippen molar-refractivity contribution in [3.05, 3.63) is 155 Å². The molecule has 5 aromatic carbocycles. The van der Waals surface area contributed by atoms with E-state index in [0.717, 1.165) is 27.1 Å². The van der Waals surface area contributed by atoms with Gasteiger partial charge < -0.3 is 0 Å².